The second-order valence-corrected chi connectivity index (χ2v) is 7.86. The van der Waals surface area contributed by atoms with E-state index in [1.807, 2.05) is 13.8 Å². The fourth-order valence-corrected chi connectivity index (χ4v) is 4.46. The number of nitrogens with zero attached hydrogens (tertiary/aromatic N) is 2. The summed E-state index contributed by atoms with van der Waals surface area (Å²) in [7, 11) is -2.13. The predicted octanol–water partition coefficient (Wildman–Crippen LogP) is 0.931. The zero-order chi connectivity index (χ0) is 16.1. The molecule has 0 radical (unpaired) electrons. The third-order valence-electron chi connectivity index (χ3n) is 3.92. The van der Waals surface area contributed by atoms with Gasteiger partial charge in [-0.15, -0.1) is 0 Å². The zero-order valence-corrected chi connectivity index (χ0v) is 13.5. The monoisotopic (exact) mass is 326 g/mol. The number of hydrogen-bond donors (Lipinski definition) is 0. The first-order chi connectivity index (χ1) is 10.2. The molecule has 1 saturated heterocycles. The second kappa shape index (κ2) is 4.94. The highest BCUT2D eigenvalue weighted by Gasteiger charge is 2.39. The molecule has 1 aromatic heterocycles. The molecule has 22 heavy (non-hydrogen) atoms. The molecular formula is C14H18N2O5S. The van der Waals surface area contributed by atoms with Crippen LogP contribution >= 0.6 is 0 Å². The van der Waals surface area contributed by atoms with E-state index in [1.54, 1.807) is 7.05 Å². The Morgan fingerprint density at radius 1 is 1.27 bits per heavy atom. The molecule has 0 aliphatic carbocycles. The van der Waals surface area contributed by atoms with Crippen molar-refractivity contribution in [3.63, 3.8) is 0 Å². The lowest BCUT2D eigenvalue weighted by atomic mass is 10.1. The van der Waals surface area contributed by atoms with Gasteiger partial charge >= 0.3 is 5.76 Å². The molecule has 1 aliphatic rings. The maximum atomic E-state index is 12.9. The first-order valence-corrected chi connectivity index (χ1v) is 8.38. The van der Waals surface area contributed by atoms with Crippen molar-refractivity contribution in [3.05, 3.63) is 28.7 Å². The van der Waals surface area contributed by atoms with E-state index in [2.05, 4.69) is 0 Å². The van der Waals surface area contributed by atoms with Gasteiger partial charge < -0.3 is 9.15 Å². The Bertz CT molecular complexity index is 878. The summed E-state index contributed by atoms with van der Waals surface area (Å²) in [5.74, 6) is -0.517. The van der Waals surface area contributed by atoms with Crippen molar-refractivity contribution in [2.24, 2.45) is 7.05 Å². The van der Waals surface area contributed by atoms with Crippen molar-refractivity contribution in [1.29, 1.82) is 0 Å². The van der Waals surface area contributed by atoms with E-state index in [-0.39, 0.29) is 4.90 Å². The Labute approximate surface area is 128 Å². The smallest absolute Gasteiger partial charge is 0.408 e. The Morgan fingerprint density at radius 2 is 2.00 bits per heavy atom. The molecule has 0 atom stereocenters. The number of benzene rings is 1. The molecule has 0 bridgehead atoms. The SMILES string of the molecule is Cn1c(=O)oc2ccc(S(=O)(=O)N3CCOCC3(C)C)cc21. The summed E-state index contributed by atoms with van der Waals surface area (Å²) in [6.45, 7) is 4.68. The summed E-state index contributed by atoms with van der Waals surface area (Å²) in [6, 6.07) is 4.45. The lowest BCUT2D eigenvalue weighted by Crippen LogP contribution is -2.55. The van der Waals surface area contributed by atoms with E-state index in [9.17, 15) is 13.2 Å². The van der Waals surface area contributed by atoms with Gasteiger partial charge in [0, 0.05) is 13.6 Å². The number of morpholine rings is 1. The van der Waals surface area contributed by atoms with Crippen molar-refractivity contribution in [2.45, 2.75) is 24.3 Å². The Kier molecular flexibility index (Phi) is 3.42. The molecule has 120 valence electrons. The van der Waals surface area contributed by atoms with Gasteiger partial charge in [-0.3, -0.25) is 4.57 Å². The molecule has 1 aromatic carbocycles. The Hall–Kier alpha value is -1.64. The highest BCUT2D eigenvalue weighted by Crippen LogP contribution is 2.28. The van der Waals surface area contributed by atoms with E-state index in [0.717, 1.165) is 0 Å². The minimum Gasteiger partial charge on any atom is -0.408 e. The maximum Gasteiger partial charge on any atom is 0.419 e. The fraction of sp³-hybridized carbons (Fsp3) is 0.500. The number of rotatable bonds is 2. The summed E-state index contributed by atoms with van der Waals surface area (Å²) in [5.41, 5.74) is 0.207. The van der Waals surface area contributed by atoms with Crippen LogP contribution in [0.4, 0.5) is 0 Å². The van der Waals surface area contributed by atoms with E-state index < -0.39 is 21.3 Å². The number of hydrogen-bond acceptors (Lipinski definition) is 5. The molecule has 0 N–H and O–H groups in total. The number of sulfonamides is 1. The average Bonchev–Trinajstić information content (AvgIpc) is 2.73. The van der Waals surface area contributed by atoms with Crippen LogP contribution in [0.25, 0.3) is 11.1 Å². The molecule has 7 nitrogen and oxygen atoms in total. The van der Waals surface area contributed by atoms with Gasteiger partial charge in [-0.2, -0.15) is 4.31 Å². The summed E-state index contributed by atoms with van der Waals surface area (Å²) < 4.78 is 39.0. The van der Waals surface area contributed by atoms with Crippen molar-refractivity contribution in [1.82, 2.24) is 8.87 Å². The van der Waals surface area contributed by atoms with Crippen molar-refractivity contribution in [2.75, 3.05) is 19.8 Å². The number of ether oxygens (including phenoxy) is 1. The average molecular weight is 326 g/mol. The molecule has 2 heterocycles. The van der Waals surface area contributed by atoms with Crippen LogP contribution in [0.3, 0.4) is 0 Å². The molecule has 3 rings (SSSR count). The van der Waals surface area contributed by atoms with Crippen LogP contribution in [0.15, 0.2) is 32.3 Å². The van der Waals surface area contributed by atoms with Crippen LogP contribution in [0.2, 0.25) is 0 Å². The predicted molar refractivity (Wildman–Crippen MR) is 80.2 cm³/mol. The lowest BCUT2D eigenvalue weighted by molar-refractivity contribution is -0.00770. The topological polar surface area (TPSA) is 81.8 Å². The molecule has 0 unspecified atom stereocenters. The number of fused-ring (bicyclic) bond motifs is 1. The standard InChI is InChI=1S/C14H18N2O5S/c1-14(2)9-20-7-6-16(14)22(18,19)10-4-5-12-11(8-10)15(3)13(17)21-12/h4-5,8H,6-7,9H2,1-3H3. The van der Waals surface area contributed by atoms with E-state index >= 15 is 0 Å². The van der Waals surface area contributed by atoms with Crippen molar-refractivity contribution >= 4 is 21.1 Å². The summed E-state index contributed by atoms with van der Waals surface area (Å²) >= 11 is 0. The molecule has 1 fully saturated rings. The van der Waals surface area contributed by atoms with Gasteiger partial charge in [0.1, 0.15) is 0 Å². The third-order valence-corrected chi connectivity index (χ3v) is 6.03. The summed E-state index contributed by atoms with van der Waals surface area (Å²) in [4.78, 5) is 11.7. The largest absolute Gasteiger partial charge is 0.419 e. The molecule has 1 aliphatic heterocycles. The van der Waals surface area contributed by atoms with Gasteiger partial charge in [-0.1, -0.05) is 0 Å². The van der Waals surface area contributed by atoms with Crippen LogP contribution in [0.1, 0.15) is 13.8 Å². The number of aryl methyl sites for hydroxylation is 1. The number of aromatic nitrogens is 1. The first kappa shape index (κ1) is 15.3. The Morgan fingerprint density at radius 3 is 2.68 bits per heavy atom. The molecule has 0 spiro atoms. The summed E-state index contributed by atoms with van der Waals surface area (Å²) in [5, 5.41) is 0. The highest BCUT2D eigenvalue weighted by molar-refractivity contribution is 7.89. The number of oxazole rings is 1. The first-order valence-electron chi connectivity index (χ1n) is 6.94. The zero-order valence-electron chi connectivity index (χ0n) is 12.7. The third kappa shape index (κ3) is 2.27. The molecule has 0 amide bonds. The van der Waals surface area contributed by atoms with Crippen LogP contribution in [0, 0.1) is 0 Å². The maximum absolute atomic E-state index is 12.9. The van der Waals surface area contributed by atoms with Gasteiger partial charge in [0.05, 0.1) is 29.2 Å². The van der Waals surface area contributed by atoms with Gasteiger partial charge in [0.25, 0.3) is 0 Å². The Balaban J connectivity index is 2.12. The molecule has 0 saturated carbocycles. The lowest BCUT2D eigenvalue weighted by Gasteiger charge is -2.40. The normalized spacial score (nSPS) is 19.6. The van der Waals surface area contributed by atoms with Crippen molar-refractivity contribution in [3.8, 4) is 0 Å². The highest BCUT2D eigenvalue weighted by atomic mass is 32.2. The van der Waals surface area contributed by atoms with Crippen LogP contribution in [0.5, 0.6) is 0 Å². The van der Waals surface area contributed by atoms with E-state index in [0.29, 0.717) is 30.9 Å². The second-order valence-electron chi connectivity index (χ2n) is 6.00. The molecular weight excluding hydrogens is 308 g/mol. The molecule has 2 aromatic rings. The van der Waals surface area contributed by atoms with Crippen LogP contribution in [-0.2, 0) is 21.8 Å². The van der Waals surface area contributed by atoms with Crippen LogP contribution in [-0.4, -0.2) is 42.6 Å². The van der Waals surface area contributed by atoms with E-state index in [4.69, 9.17) is 9.15 Å². The van der Waals surface area contributed by atoms with Gasteiger partial charge in [0.15, 0.2) is 5.58 Å². The van der Waals surface area contributed by atoms with Gasteiger partial charge in [-0.05, 0) is 32.0 Å². The fourth-order valence-electron chi connectivity index (χ4n) is 2.68. The van der Waals surface area contributed by atoms with Gasteiger partial charge in [-0.25, -0.2) is 13.2 Å². The van der Waals surface area contributed by atoms with Gasteiger partial charge in [0.2, 0.25) is 10.0 Å². The quantitative estimate of drug-likeness (QED) is 0.820. The minimum atomic E-state index is -3.67. The minimum absolute atomic E-state index is 0.145. The van der Waals surface area contributed by atoms with Crippen LogP contribution < -0.4 is 5.76 Å². The van der Waals surface area contributed by atoms with E-state index in [1.165, 1.54) is 27.1 Å². The van der Waals surface area contributed by atoms with Crippen molar-refractivity contribution < 1.29 is 17.6 Å². The summed E-state index contributed by atoms with van der Waals surface area (Å²) in [6.07, 6.45) is 0. The molecule has 8 heteroatoms.